The molecule has 1 nitrogen and oxygen atoms in total. The third-order valence-electron chi connectivity index (χ3n) is 5.29. The SMILES string of the molecule is CC(C)(C)c1ccc2ccc(CC(C)(C)c3nc4ccccc4s3)cc2c1. The highest BCUT2D eigenvalue weighted by Gasteiger charge is 2.25. The predicted octanol–water partition coefficient (Wildman–Crippen LogP) is 7.27. The quantitative estimate of drug-likeness (QED) is 0.368. The summed E-state index contributed by atoms with van der Waals surface area (Å²) in [7, 11) is 0. The van der Waals surface area contributed by atoms with Crippen molar-refractivity contribution in [2.45, 2.75) is 51.9 Å². The van der Waals surface area contributed by atoms with Gasteiger partial charge in [-0.1, -0.05) is 83.1 Å². The molecule has 0 radical (unpaired) electrons. The zero-order valence-electron chi connectivity index (χ0n) is 16.8. The topological polar surface area (TPSA) is 12.9 Å². The van der Waals surface area contributed by atoms with E-state index in [4.69, 9.17) is 4.98 Å². The molecule has 2 heteroatoms. The van der Waals surface area contributed by atoms with Crippen LogP contribution in [-0.2, 0) is 17.3 Å². The Bertz CT molecular complexity index is 1080. The van der Waals surface area contributed by atoms with Gasteiger partial charge in [-0.25, -0.2) is 4.98 Å². The smallest absolute Gasteiger partial charge is 0.0998 e. The highest BCUT2D eigenvalue weighted by atomic mass is 32.1. The van der Waals surface area contributed by atoms with Crippen LogP contribution in [0.4, 0.5) is 0 Å². The highest BCUT2D eigenvalue weighted by molar-refractivity contribution is 7.18. The zero-order valence-corrected chi connectivity index (χ0v) is 17.7. The van der Waals surface area contributed by atoms with E-state index in [1.165, 1.54) is 31.6 Å². The monoisotopic (exact) mass is 373 g/mol. The number of hydrogen-bond donors (Lipinski definition) is 0. The van der Waals surface area contributed by atoms with Gasteiger partial charge in [-0.05, 0) is 45.9 Å². The van der Waals surface area contributed by atoms with Crippen LogP contribution in [0.1, 0.15) is 50.8 Å². The standard InChI is InChI=1S/C25H27NS/c1-24(2,3)20-13-12-18-11-10-17(14-19(18)15-20)16-25(4,5)23-26-21-8-6-7-9-22(21)27-23/h6-15H,16H2,1-5H3. The van der Waals surface area contributed by atoms with Gasteiger partial charge in [-0.2, -0.15) is 0 Å². The Labute approximate surface area is 166 Å². The molecular weight excluding hydrogens is 346 g/mol. The lowest BCUT2D eigenvalue weighted by Crippen LogP contribution is -2.20. The molecule has 0 N–H and O–H groups in total. The van der Waals surface area contributed by atoms with E-state index >= 15 is 0 Å². The van der Waals surface area contributed by atoms with Gasteiger partial charge in [0.15, 0.2) is 0 Å². The fourth-order valence-electron chi connectivity index (χ4n) is 3.62. The number of thiazole rings is 1. The van der Waals surface area contributed by atoms with Crippen molar-refractivity contribution in [1.82, 2.24) is 4.98 Å². The number of benzene rings is 3. The Morgan fingerprint density at radius 2 is 1.56 bits per heavy atom. The lowest BCUT2D eigenvalue weighted by Gasteiger charge is -2.23. The van der Waals surface area contributed by atoms with Gasteiger partial charge in [0.1, 0.15) is 0 Å². The predicted molar refractivity (Wildman–Crippen MR) is 119 cm³/mol. The van der Waals surface area contributed by atoms with Crippen LogP contribution in [0.5, 0.6) is 0 Å². The van der Waals surface area contributed by atoms with Crippen LogP contribution in [0.2, 0.25) is 0 Å². The maximum atomic E-state index is 4.91. The minimum absolute atomic E-state index is 0.0129. The number of nitrogens with zero attached hydrogens (tertiary/aromatic N) is 1. The third-order valence-corrected chi connectivity index (χ3v) is 6.69. The summed E-state index contributed by atoms with van der Waals surface area (Å²) in [6.45, 7) is 11.4. The molecule has 0 atom stereocenters. The van der Waals surface area contributed by atoms with E-state index in [0.717, 1.165) is 11.9 Å². The number of hydrogen-bond acceptors (Lipinski definition) is 2. The molecule has 1 heterocycles. The Hall–Kier alpha value is -2.19. The minimum Gasteiger partial charge on any atom is -0.241 e. The lowest BCUT2D eigenvalue weighted by atomic mass is 9.84. The van der Waals surface area contributed by atoms with Crippen LogP contribution < -0.4 is 0 Å². The van der Waals surface area contributed by atoms with E-state index in [2.05, 4.69) is 95.3 Å². The normalized spacial score (nSPS) is 12.8. The molecule has 0 aliphatic rings. The van der Waals surface area contributed by atoms with Crippen molar-refractivity contribution in [3.05, 3.63) is 76.8 Å². The molecule has 1 aromatic heterocycles. The van der Waals surface area contributed by atoms with Crippen molar-refractivity contribution < 1.29 is 0 Å². The van der Waals surface area contributed by atoms with Gasteiger partial charge in [-0.15, -0.1) is 11.3 Å². The van der Waals surface area contributed by atoms with E-state index in [1.807, 2.05) is 11.3 Å². The first-order valence-corrected chi connectivity index (χ1v) is 10.4. The number of para-hydroxylation sites is 1. The van der Waals surface area contributed by atoms with Crippen LogP contribution in [0, 0.1) is 0 Å². The molecule has 0 fully saturated rings. The summed E-state index contributed by atoms with van der Waals surface area (Å²) < 4.78 is 1.27. The summed E-state index contributed by atoms with van der Waals surface area (Å²) in [6, 6.07) is 22.2. The molecule has 4 aromatic rings. The van der Waals surface area contributed by atoms with Gasteiger partial charge in [0.2, 0.25) is 0 Å². The molecule has 0 aliphatic carbocycles. The van der Waals surface area contributed by atoms with Crippen molar-refractivity contribution in [2.24, 2.45) is 0 Å². The maximum Gasteiger partial charge on any atom is 0.0998 e. The lowest BCUT2D eigenvalue weighted by molar-refractivity contribution is 0.520. The van der Waals surface area contributed by atoms with Crippen LogP contribution in [0.15, 0.2) is 60.7 Å². The molecule has 0 saturated heterocycles. The second kappa shape index (κ2) is 6.45. The van der Waals surface area contributed by atoms with Crippen molar-refractivity contribution in [2.75, 3.05) is 0 Å². The van der Waals surface area contributed by atoms with E-state index < -0.39 is 0 Å². The fraction of sp³-hybridized carbons (Fsp3) is 0.320. The first-order chi connectivity index (χ1) is 12.7. The highest BCUT2D eigenvalue weighted by Crippen LogP contribution is 2.35. The van der Waals surface area contributed by atoms with Crippen LogP contribution in [0.25, 0.3) is 21.0 Å². The Kier molecular flexibility index (Phi) is 4.35. The Morgan fingerprint density at radius 3 is 2.30 bits per heavy atom. The average molecular weight is 374 g/mol. The molecule has 0 amide bonds. The van der Waals surface area contributed by atoms with Gasteiger partial charge in [0.05, 0.1) is 15.2 Å². The first kappa shape index (κ1) is 18.2. The van der Waals surface area contributed by atoms with Gasteiger partial charge in [0.25, 0.3) is 0 Å². The summed E-state index contributed by atoms with van der Waals surface area (Å²) in [4.78, 5) is 4.91. The maximum absolute atomic E-state index is 4.91. The number of aromatic nitrogens is 1. The molecule has 27 heavy (non-hydrogen) atoms. The fourth-order valence-corrected chi connectivity index (χ4v) is 4.69. The zero-order chi connectivity index (χ0) is 19.2. The van der Waals surface area contributed by atoms with Gasteiger partial charge in [-0.3, -0.25) is 0 Å². The van der Waals surface area contributed by atoms with Gasteiger partial charge >= 0.3 is 0 Å². The molecule has 138 valence electrons. The minimum atomic E-state index is 0.0129. The van der Waals surface area contributed by atoms with Crippen molar-refractivity contribution in [1.29, 1.82) is 0 Å². The van der Waals surface area contributed by atoms with Crippen LogP contribution in [0.3, 0.4) is 0 Å². The molecule has 3 aromatic carbocycles. The molecule has 0 spiro atoms. The van der Waals surface area contributed by atoms with Crippen LogP contribution in [-0.4, -0.2) is 4.98 Å². The molecule has 0 bridgehead atoms. The summed E-state index contributed by atoms with van der Waals surface area (Å²) >= 11 is 1.82. The molecular formula is C25H27NS. The summed E-state index contributed by atoms with van der Waals surface area (Å²) in [5.41, 5.74) is 4.05. The Morgan fingerprint density at radius 1 is 0.815 bits per heavy atom. The molecule has 0 unspecified atom stereocenters. The number of rotatable bonds is 3. The molecule has 4 rings (SSSR count). The van der Waals surface area contributed by atoms with E-state index in [-0.39, 0.29) is 10.8 Å². The van der Waals surface area contributed by atoms with Crippen molar-refractivity contribution >= 4 is 32.3 Å². The van der Waals surface area contributed by atoms with Gasteiger partial charge < -0.3 is 0 Å². The van der Waals surface area contributed by atoms with E-state index in [1.54, 1.807) is 0 Å². The van der Waals surface area contributed by atoms with Crippen LogP contribution >= 0.6 is 11.3 Å². The van der Waals surface area contributed by atoms with Gasteiger partial charge in [0, 0.05) is 5.41 Å². The van der Waals surface area contributed by atoms with Crippen molar-refractivity contribution in [3.8, 4) is 0 Å². The largest absolute Gasteiger partial charge is 0.241 e. The summed E-state index contributed by atoms with van der Waals surface area (Å²) in [6.07, 6.45) is 0.989. The molecule has 0 aliphatic heterocycles. The second-order valence-corrected chi connectivity index (χ2v) is 10.2. The van der Waals surface area contributed by atoms with Crippen molar-refractivity contribution in [3.63, 3.8) is 0 Å². The average Bonchev–Trinajstić information content (AvgIpc) is 3.05. The van der Waals surface area contributed by atoms with E-state index in [9.17, 15) is 0 Å². The second-order valence-electron chi connectivity index (χ2n) is 9.19. The Balaban J connectivity index is 1.68. The number of fused-ring (bicyclic) bond motifs is 2. The van der Waals surface area contributed by atoms with E-state index in [0.29, 0.717) is 0 Å². The first-order valence-electron chi connectivity index (χ1n) is 9.62. The molecule has 0 saturated carbocycles. The third kappa shape index (κ3) is 3.64. The summed E-state index contributed by atoms with van der Waals surface area (Å²) in [5, 5.41) is 3.86. The summed E-state index contributed by atoms with van der Waals surface area (Å²) in [5.74, 6) is 0.